The lowest BCUT2D eigenvalue weighted by atomic mass is 10.4. The van der Waals surface area contributed by atoms with Crippen LogP contribution in [0.2, 0.25) is 0 Å². The maximum atomic E-state index is 10.8. The van der Waals surface area contributed by atoms with Crippen molar-refractivity contribution in [2.45, 2.75) is 13.3 Å². The second kappa shape index (κ2) is 9.42. The Morgan fingerprint density at radius 3 is 2.47 bits per heavy atom. The maximum absolute atomic E-state index is 10.8. The first-order chi connectivity index (χ1) is 7.16. The van der Waals surface area contributed by atoms with Crippen molar-refractivity contribution >= 4 is 11.8 Å². The fraction of sp³-hybridized carbons (Fsp3) is 0.778. The van der Waals surface area contributed by atoms with Crippen molar-refractivity contribution in [2.24, 2.45) is 5.73 Å². The molecule has 0 unspecified atom stereocenters. The third kappa shape index (κ3) is 10.8. The van der Waals surface area contributed by atoms with E-state index >= 15 is 0 Å². The number of hydrogen-bond donors (Lipinski definition) is 2. The molecular weight excluding hydrogens is 200 g/mol. The zero-order chi connectivity index (χ0) is 11.5. The highest BCUT2D eigenvalue weighted by Crippen LogP contribution is 1.79. The molecule has 0 atom stereocenters. The number of primary amides is 1. The Labute approximate surface area is 89.1 Å². The molecule has 88 valence electrons. The van der Waals surface area contributed by atoms with E-state index in [0.717, 1.165) is 0 Å². The maximum Gasteiger partial charge on any atom is 0.243 e. The first-order valence-corrected chi connectivity index (χ1v) is 4.87. The van der Waals surface area contributed by atoms with Crippen LogP contribution in [-0.2, 0) is 19.1 Å². The molecule has 6 heteroatoms. The predicted octanol–water partition coefficient (Wildman–Crippen LogP) is -0.969. The Kier molecular flexibility index (Phi) is 8.70. The van der Waals surface area contributed by atoms with Gasteiger partial charge in [-0.1, -0.05) is 6.92 Å². The zero-order valence-corrected chi connectivity index (χ0v) is 8.95. The molecule has 15 heavy (non-hydrogen) atoms. The van der Waals surface area contributed by atoms with Crippen LogP contribution in [-0.4, -0.2) is 44.8 Å². The average Bonchev–Trinajstić information content (AvgIpc) is 2.21. The van der Waals surface area contributed by atoms with Crippen molar-refractivity contribution in [3.63, 3.8) is 0 Å². The van der Waals surface area contributed by atoms with E-state index < -0.39 is 5.91 Å². The van der Waals surface area contributed by atoms with Gasteiger partial charge in [-0.05, 0) is 0 Å². The summed E-state index contributed by atoms with van der Waals surface area (Å²) in [6, 6.07) is 0. The summed E-state index contributed by atoms with van der Waals surface area (Å²) in [5.74, 6) is -0.492. The predicted molar refractivity (Wildman–Crippen MR) is 54.1 cm³/mol. The molecule has 0 aliphatic carbocycles. The Balaban J connectivity index is 3.05. The molecule has 0 fully saturated rings. The van der Waals surface area contributed by atoms with Crippen LogP contribution in [0.25, 0.3) is 0 Å². The molecule has 0 aromatic heterocycles. The summed E-state index contributed by atoms with van der Waals surface area (Å²) in [6.45, 7) is 3.33. The van der Waals surface area contributed by atoms with Crippen LogP contribution in [0.3, 0.4) is 0 Å². The van der Waals surface area contributed by atoms with Crippen LogP contribution in [0.15, 0.2) is 0 Å². The van der Waals surface area contributed by atoms with Gasteiger partial charge in [-0.2, -0.15) is 0 Å². The van der Waals surface area contributed by atoms with Crippen LogP contribution < -0.4 is 11.1 Å². The number of nitrogens with one attached hydrogen (secondary N) is 1. The van der Waals surface area contributed by atoms with Gasteiger partial charge in [0.05, 0.1) is 19.8 Å². The van der Waals surface area contributed by atoms with E-state index in [1.807, 2.05) is 0 Å². The van der Waals surface area contributed by atoms with E-state index in [1.54, 1.807) is 6.92 Å². The smallest absolute Gasteiger partial charge is 0.243 e. The van der Waals surface area contributed by atoms with Gasteiger partial charge in [0.1, 0.15) is 6.61 Å². The highest BCUT2D eigenvalue weighted by molar-refractivity contribution is 5.75. The van der Waals surface area contributed by atoms with Crippen molar-refractivity contribution in [2.75, 3.05) is 33.0 Å². The summed E-state index contributed by atoms with van der Waals surface area (Å²) >= 11 is 0. The highest BCUT2D eigenvalue weighted by Gasteiger charge is 1.96. The van der Waals surface area contributed by atoms with E-state index in [1.165, 1.54) is 0 Å². The first-order valence-electron chi connectivity index (χ1n) is 4.87. The van der Waals surface area contributed by atoms with Crippen molar-refractivity contribution in [3.05, 3.63) is 0 Å². The highest BCUT2D eigenvalue weighted by atomic mass is 16.5. The molecule has 3 N–H and O–H groups in total. The van der Waals surface area contributed by atoms with Crippen molar-refractivity contribution in [1.29, 1.82) is 0 Å². The molecule has 0 saturated heterocycles. The number of rotatable bonds is 9. The van der Waals surface area contributed by atoms with E-state index in [9.17, 15) is 9.59 Å². The second-order valence-corrected chi connectivity index (χ2v) is 2.83. The molecular formula is C9H18N2O4. The lowest BCUT2D eigenvalue weighted by Gasteiger charge is -2.05. The molecule has 0 rings (SSSR count). The quantitative estimate of drug-likeness (QED) is 0.487. The molecule has 0 saturated carbocycles. The minimum absolute atomic E-state index is 0.00331. The number of carbonyl (C=O) groups excluding carboxylic acids is 2. The molecule has 6 nitrogen and oxygen atoms in total. The van der Waals surface area contributed by atoms with Crippen LogP contribution in [0.1, 0.15) is 13.3 Å². The molecule has 0 heterocycles. The summed E-state index contributed by atoms with van der Waals surface area (Å²) in [5.41, 5.74) is 4.85. The van der Waals surface area contributed by atoms with Crippen molar-refractivity contribution in [1.82, 2.24) is 5.32 Å². The van der Waals surface area contributed by atoms with Gasteiger partial charge >= 0.3 is 0 Å². The van der Waals surface area contributed by atoms with Crippen LogP contribution in [0, 0.1) is 0 Å². The summed E-state index contributed by atoms with van der Waals surface area (Å²) in [6.07, 6.45) is 0.474. The Hall–Kier alpha value is -1.14. The lowest BCUT2D eigenvalue weighted by molar-refractivity contribution is -0.123. The Morgan fingerprint density at radius 1 is 1.20 bits per heavy atom. The molecule has 0 aromatic rings. The molecule has 0 spiro atoms. The molecule has 2 amide bonds. The number of hydrogen-bond acceptors (Lipinski definition) is 4. The zero-order valence-electron chi connectivity index (χ0n) is 8.95. The monoisotopic (exact) mass is 218 g/mol. The SMILES string of the molecule is CCC(=O)NCCOCCOCC(N)=O. The van der Waals surface area contributed by atoms with Crippen molar-refractivity contribution in [3.8, 4) is 0 Å². The lowest BCUT2D eigenvalue weighted by Crippen LogP contribution is -2.27. The first kappa shape index (κ1) is 13.9. The fourth-order valence-electron chi connectivity index (χ4n) is 0.780. The van der Waals surface area contributed by atoms with Gasteiger partial charge in [0.25, 0.3) is 0 Å². The second-order valence-electron chi connectivity index (χ2n) is 2.83. The van der Waals surface area contributed by atoms with Crippen LogP contribution in [0.5, 0.6) is 0 Å². The number of carbonyl (C=O) groups is 2. The average molecular weight is 218 g/mol. The van der Waals surface area contributed by atoms with Crippen LogP contribution >= 0.6 is 0 Å². The van der Waals surface area contributed by atoms with E-state index in [4.69, 9.17) is 15.2 Å². The van der Waals surface area contributed by atoms with Gasteiger partial charge in [-0.15, -0.1) is 0 Å². The standard InChI is InChI=1S/C9H18N2O4/c1-2-9(13)11-3-4-14-5-6-15-7-8(10)12/h2-7H2,1H3,(H2,10,12)(H,11,13). The normalized spacial score (nSPS) is 9.93. The van der Waals surface area contributed by atoms with Gasteiger partial charge in [0, 0.05) is 13.0 Å². The fourth-order valence-corrected chi connectivity index (χ4v) is 0.780. The topological polar surface area (TPSA) is 90.7 Å². The van der Waals surface area contributed by atoms with Gasteiger partial charge in [0.2, 0.25) is 11.8 Å². The third-order valence-electron chi connectivity index (χ3n) is 1.51. The number of amides is 2. The molecule has 0 aliphatic heterocycles. The minimum atomic E-state index is -0.495. The molecule has 0 bridgehead atoms. The summed E-state index contributed by atoms with van der Waals surface area (Å²) in [5, 5.41) is 2.66. The van der Waals surface area contributed by atoms with E-state index in [2.05, 4.69) is 5.32 Å². The molecule has 0 aromatic carbocycles. The van der Waals surface area contributed by atoms with Gasteiger partial charge < -0.3 is 20.5 Å². The third-order valence-corrected chi connectivity index (χ3v) is 1.51. The van der Waals surface area contributed by atoms with E-state index in [-0.39, 0.29) is 12.5 Å². The summed E-state index contributed by atoms with van der Waals surface area (Å²) in [4.78, 5) is 21.0. The summed E-state index contributed by atoms with van der Waals surface area (Å²) in [7, 11) is 0. The largest absolute Gasteiger partial charge is 0.377 e. The van der Waals surface area contributed by atoms with Gasteiger partial charge in [-0.3, -0.25) is 9.59 Å². The Bertz CT molecular complexity index is 197. The van der Waals surface area contributed by atoms with Crippen molar-refractivity contribution < 1.29 is 19.1 Å². The van der Waals surface area contributed by atoms with Gasteiger partial charge in [0.15, 0.2) is 0 Å². The van der Waals surface area contributed by atoms with Crippen LogP contribution in [0.4, 0.5) is 0 Å². The Morgan fingerprint density at radius 2 is 1.87 bits per heavy atom. The molecule has 0 radical (unpaired) electrons. The minimum Gasteiger partial charge on any atom is -0.377 e. The molecule has 0 aliphatic rings. The van der Waals surface area contributed by atoms with E-state index in [0.29, 0.717) is 32.8 Å². The van der Waals surface area contributed by atoms with Gasteiger partial charge in [-0.25, -0.2) is 0 Å². The number of ether oxygens (including phenoxy) is 2. The number of nitrogens with two attached hydrogens (primary N) is 1. The summed E-state index contributed by atoms with van der Waals surface area (Å²) < 4.78 is 9.98.